The molecule has 0 unspecified atom stereocenters. The monoisotopic (exact) mass is 181 g/mol. The van der Waals surface area contributed by atoms with Gasteiger partial charge in [-0.2, -0.15) is 0 Å². The predicted octanol–water partition coefficient (Wildman–Crippen LogP) is 2.37. The summed E-state index contributed by atoms with van der Waals surface area (Å²) in [7, 11) is 0. The summed E-state index contributed by atoms with van der Waals surface area (Å²) in [5.74, 6) is 0.249. The molecule has 0 saturated carbocycles. The molecule has 3 nitrogen and oxygen atoms in total. The van der Waals surface area contributed by atoms with E-state index in [1.54, 1.807) is 0 Å². The molecule has 1 aromatic carbocycles. The standard InChI is InChI=1S/C10H15NO2/c1-4-13-11-9-6-7(2)5-8(3)10(9)12/h5-6,11-12H,4H2,1-3H3. The highest BCUT2D eigenvalue weighted by atomic mass is 16.6. The molecule has 0 saturated heterocycles. The third-order valence-electron chi connectivity index (χ3n) is 1.77. The second-order valence-electron chi connectivity index (χ2n) is 3.01. The number of anilines is 1. The van der Waals surface area contributed by atoms with Crippen LogP contribution in [-0.2, 0) is 4.84 Å². The van der Waals surface area contributed by atoms with E-state index in [9.17, 15) is 5.11 Å². The smallest absolute Gasteiger partial charge is 0.143 e. The van der Waals surface area contributed by atoms with Crippen LogP contribution in [0.5, 0.6) is 5.75 Å². The Balaban J connectivity index is 2.92. The van der Waals surface area contributed by atoms with Crippen LogP contribution in [0.4, 0.5) is 5.69 Å². The van der Waals surface area contributed by atoms with Crippen molar-refractivity contribution >= 4 is 5.69 Å². The molecule has 2 N–H and O–H groups in total. The second kappa shape index (κ2) is 4.14. The molecule has 72 valence electrons. The maximum atomic E-state index is 9.61. The highest BCUT2D eigenvalue weighted by molar-refractivity contribution is 5.59. The largest absolute Gasteiger partial charge is 0.505 e. The summed E-state index contributed by atoms with van der Waals surface area (Å²) >= 11 is 0. The van der Waals surface area contributed by atoms with E-state index in [1.165, 1.54) is 0 Å². The van der Waals surface area contributed by atoms with Crippen molar-refractivity contribution in [3.8, 4) is 5.75 Å². The molecule has 1 aromatic rings. The summed E-state index contributed by atoms with van der Waals surface area (Å²) in [4.78, 5) is 5.00. The second-order valence-corrected chi connectivity index (χ2v) is 3.01. The molecule has 0 aliphatic heterocycles. The number of phenols is 1. The minimum absolute atomic E-state index is 0.249. The van der Waals surface area contributed by atoms with Gasteiger partial charge in [-0.3, -0.25) is 10.3 Å². The van der Waals surface area contributed by atoms with Crippen molar-refractivity contribution in [1.29, 1.82) is 0 Å². The first-order valence-electron chi connectivity index (χ1n) is 4.33. The van der Waals surface area contributed by atoms with E-state index >= 15 is 0 Å². The van der Waals surface area contributed by atoms with E-state index in [0.717, 1.165) is 11.1 Å². The molecule has 0 bridgehead atoms. The van der Waals surface area contributed by atoms with Crippen LogP contribution < -0.4 is 5.48 Å². The molecule has 0 aliphatic rings. The van der Waals surface area contributed by atoms with Crippen molar-refractivity contribution in [2.45, 2.75) is 20.8 Å². The van der Waals surface area contributed by atoms with Gasteiger partial charge in [-0.05, 0) is 38.0 Å². The Morgan fingerprint density at radius 1 is 1.38 bits per heavy atom. The number of rotatable bonds is 3. The molecule has 0 aromatic heterocycles. The molecule has 0 heterocycles. The molecule has 0 radical (unpaired) electrons. The number of hydrogen-bond donors (Lipinski definition) is 2. The lowest BCUT2D eigenvalue weighted by atomic mass is 10.1. The third-order valence-corrected chi connectivity index (χ3v) is 1.77. The van der Waals surface area contributed by atoms with Crippen molar-refractivity contribution in [1.82, 2.24) is 0 Å². The van der Waals surface area contributed by atoms with Gasteiger partial charge >= 0.3 is 0 Å². The van der Waals surface area contributed by atoms with E-state index in [4.69, 9.17) is 4.84 Å². The highest BCUT2D eigenvalue weighted by Gasteiger charge is 2.04. The van der Waals surface area contributed by atoms with Crippen LogP contribution in [0.15, 0.2) is 12.1 Å². The van der Waals surface area contributed by atoms with Crippen LogP contribution in [-0.4, -0.2) is 11.7 Å². The molecule has 1 rings (SSSR count). The summed E-state index contributed by atoms with van der Waals surface area (Å²) in [5.41, 5.74) is 5.26. The van der Waals surface area contributed by atoms with Gasteiger partial charge in [-0.1, -0.05) is 6.07 Å². The molecule has 0 atom stereocenters. The van der Waals surface area contributed by atoms with E-state index in [0.29, 0.717) is 12.3 Å². The van der Waals surface area contributed by atoms with Gasteiger partial charge < -0.3 is 5.11 Å². The average molecular weight is 181 g/mol. The van der Waals surface area contributed by atoms with Gasteiger partial charge in [0.15, 0.2) is 0 Å². The lowest BCUT2D eigenvalue weighted by Crippen LogP contribution is -2.01. The van der Waals surface area contributed by atoms with Gasteiger partial charge in [0.1, 0.15) is 11.4 Å². The fourth-order valence-electron chi connectivity index (χ4n) is 1.19. The Morgan fingerprint density at radius 3 is 2.69 bits per heavy atom. The van der Waals surface area contributed by atoms with Gasteiger partial charge in [0.25, 0.3) is 0 Å². The number of aryl methyl sites for hydroxylation is 2. The number of hydrogen-bond acceptors (Lipinski definition) is 3. The van der Waals surface area contributed by atoms with E-state index in [-0.39, 0.29) is 5.75 Å². The molecular weight excluding hydrogens is 166 g/mol. The average Bonchev–Trinajstić information content (AvgIpc) is 2.09. The lowest BCUT2D eigenvalue weighted by molar-refractivity contribution is 0.209. The molecule has 0 aliphatic carbocycles. The van der Waals surface area contributed by atoms with Crippen molar-refractivity contribution < 1.29 is 9.94 Å². The topological polar surface area (TPSA) is 41.5 Å². The Morgan fingerprint density at radius 2 is 2.08 bits per heavy atom. The summed E-state index contributed by atoms with van der Waals surface area (Å²) < 4.78 is 0. The van der Waals surface area contributed by atoms with Crippen molar-refractivity contribution in [2.75, 3.05) is 12.1 Å². The Hall–Kier alpha value is -1.22. The van der Waals surface area contributed by atoms with Crippen LogP contribution >= 0.6 is 0 Å². The normalized spacial score (nSPS) is 10.1. The minimum Gasteiger partial charge on any atom is -0.505 e. The molecule has 13 heavy (non-hydrogen) atoms. The first kappa shape index (κ1) is 9.86. The van der Waals surface area contributed by atoms with Gasteiger partial charge in [0.2, 0.25) is 0 Å². The summed E-state index contributed by atoms with van der Waals surface area (Å²) in [5, 5.41) is 9.61. The molecular formula is C10H15NO2. The summed E-state index contributed by atoms with van der Waals surface area (Å²) in [6.07, 6.45) is 0. The van der Waals surface area contributed by atoms with Crippen LogP contribution in [0.1, 0.15) is 18.1 Å². The molecule has 0 spiro atoms. The zero-order chi connectivity index (χ0) is 9.84. The molecule has 0 fully saturated rings. The number of phenolic OH excluding ortho intramolecular Hbond substituents is 1. The van der Waals surface area contributed by atoms with Crippen LogP contribution in [0.2, 0.25) is 0 Å². The number of aromatic hydroxyl groups is 1. The Bertz CT molecular complexity index is 297. The zero-order valence-electron chi connectivity index (χ0n) is 8.22. The van der Waals surface area contributed by atoms with E-state index in [1.807, 2.05) is 32.9 Å². The maximum Gasteiger partial charge on any atom is 0.143 e. The first-order chi connectivity index (χ1) is 6.15. The van der Waals surface area contributed by atoms with Crippen LogP contribution in [0.25, 0.3) is 0 Å². The van der Waals surface area contributed by atoms with Crippen molar-refractivity contribution in [3.63, 3.8) is 0 Å². The quantitative estimate of drug-likeness (QED) is 0.555. The molecule has 0 amide bonds. The van der Waals surface area contributed by atoms with Crippen LogP contribution in [0, 0.1) is 13.8 Å². The molecule has 3 heteroatoms. The van der Waals surface area contributed by atoms with Gasteiger partial charge in [0.05, 0.1) is 6.61 Å². The van der Waals surface area contributed by atoms with Crippen LogP contribution in [0.3, 0.4) is 0 Å². The zero-order valence-corrected chi connectivity index (χ0v) is 8.22. The summed E-state index contributed by atoms with van der Waals surface area (Å²) in [6, 6.07) is 3.77. The fourth-order valence-corrected chi connectivity index (χ4v) is 1.19. The third kappa shape index (κ3) is 2.36. The van der Waals surface area contributed by atoms with Gasteiger partial charge in [-0.15, -0.1) is 0 Å². The van der Waals surface area contributed by atoms with Gasteiger partial charge in [-0.25, -0.2) is 0 Å². The lowest BCUT2D eigenvalue weighted by Gasteiger charge is -2.10. The van der Waals surface area contributed by atoms with Crippen molar-refractivity contribution in [2.24, 2.45) is 0 Å². The minimum atomic E-state index is 0.249. The highest BCUT2D eigenvalue weighted by Crippen LogP contribution is 2.28. The number of benzene rings is 1. The Labute approximate surface area is 78.3 Å². The Kier molecular flexibility index (Phi) is 3.14. The fraction of sp³-hybridized carbons (Fsp3) is 0.400. The van der Waals surface area contributed by atoms with E-state index < -0.39 is 0 Å². The first-order valence-corrected chi connectivity index (χ1v) is 4.33. The predicted molar refractivity (Wildman–Crippen MR) is 52.8 cm³/mol. The maximum absolute atomic E-state index is 9.61. The van der Waals surface area contributed by atoms with Crippen molar-refractivity contribution in [3.05, 3.63) is 23.3 Å². The van der Waals surface area contributed by atoms with Gasteiger partial charge in [0, 0.05) is 0 Å². The number of nitrogens with one attached hydrogen (secondary N) is 1. The summed E-state index contributed by atoms with van der Waals surface area (Å²) in [6.45, 7) is 6.28. The SMILES string of the molecule is CCONc1cc(C)cc(C)c1O. The van der Waals surface area contributed by atoms with E-state index in [2.05, 4.69) is 5.48 Å².